The minimum atomic E-state index is 0. The second kappa shape index (κ2) is 913. The van der Waals surface area contributed by atoms with Crippen LogP contribution in [0.3, 0.4) is 0 Å². The number of hydrogen-bond acceptors (Lipinski definition) is 16. The first-order chi connectivity index (χ1) is 19.7. The van der Waals surface area contributed by atoms with Gasteiger partial charge >= 0.3 is 0 Å². The van der Waals surface area contributed by atoms with Gasteiger partial charge in [-0.15, -0.1) is 52.6 Å². The van der Waals surface area contributed by atoms with Gasteiger partial charge in [0.15, 0.2) is 0 Å². The summed E-state index contributed by atoms with van der Waals surface area (Å²) in [6, 6.07) is 0. The van der Waals surface area contributed by atoms with Crippen molar-refractivity contribution in [3.05, 3.63) is 67.5 Å². The third kappa shape index (κ3) is 1350. The van der Waals surface area contributed by atoms with E-state index >= 15 is 0 Å². The van der Waals surface area contributed by atoms with Crippen LogP contribution in [0.15, 0.2) is 52.6 Å². The average Bonchev–Trinajstić information content (AvgIpc) is 3.07. The van der Waals surface area contributed by atoms with Crippen LogP contribution < -0.4 is 0 Å². The van der Waals surface area contributed by atoms with E-state index in [9.17, 15) is 0 Å². The molecule has 0 aliphatic rings. The molecule has 472 valence electrons. The van der Waals surface area contributed by atoms with E-state index in [4.69, 9.17) is 72.0 Å². The summed E-state index contributed by atoms with van der Waals surface area (Å²) in [5.41, 5.74) is 0. The molecule has 0 aliphatic heterocycles. The maximum atomic E-state index is 8.17. The maximum absolute atomic E-state index is 8.17. The minimum absolute atomic E-state index is 0. The van der Waals surface area contributed by atoms with Gasteiger partial charge in [-0.3, -0.25) is 42.1 Å². The Balaban J connectivity index is -0.00000000302. The molecule has 0 spiro atoms. The smallest absolute Gasteiger partial charge is 0.0697 e. The molecule has 0 aromatic rings. The number of rotatable bonds is 12. The summed E-state index contributed by atoms with van der Waals surface area (Å²) in [5, 5.41) is 80.2. The molecule has 0 aliphatic carbocycles. The van der Waals surface area contributed by atoms with Gasteiger partial charge in [-0.2, -0.15) is 0 Å². The summed E-state index contributed by atoms with van der Waals surface area (Å²) in [7, 11) is 3.10. The van der Waals surface area contributed by atoms with E-state index in [1.807, 2.05) is 13.8 Å². The van der Waals surface area contributed by atoms with Crippen molar-refractivity contribution in [1.29, 1.82) is 0 Å². The minimum Gasteiger partial charge on any atom is -0.394 e. The molecule has 0 saturated heterocycles. The van der Waals surface area contributed by atoms with Gasteiger partial charge in [0.05, 0.1) is 52.9 Å². The molecule has 16 nitrogen and oxygen atoms in total. The molecule has 0 aromatic carbocycles. The van der Waals surface area contributed by atoms with E-state index in [0.717, 1.165) is 26.1 Å². The zero-order chi connectivity index (χ0) is 35.3. The molecule has 0 radical (unpaired) electrons. The van der Waals surface area contributed by atoms with Crippen LogP contribution in [0.2, 0.25) is 0 Å². The molecule has 0 atom stereocenters. The molecule has 0 saturated carbocycles. The molecule has 0 unspecified atom stereocenters. The summed E-state index contributed by atoms with van der Waals surface area (Å²) >= 11 is 0. The van der Waals surface area contributed by atoms with Gasteiger partial charge in [0.25, 0.3) is 0 Å². The zero-order valence-electron chi connectivity index (χ0n) is 30.1. The van der Waals surface area contributed by atoms with Gasteiger partial charge < -0.3 is 54.2 Å². The summed E-state index contributed by atoms with van der Waals surface area (Å²) in [6.45, 7) is 32.0. The van der Waals surface area contributed by atoms with Crippen LogP contribution >= 0.6 is 0 Å². The Labute approximate surface area is 597 Å². The first kappa shape index (κ1) is 380. The molecule has 0 heterocycles. The normalized spacial score (nSPS) is 3.66. The van der Waals surface area contributed by atoms with Crippen LogP contribution in [0.25, 0.3) is 0 Å². The molecular weight excluding hydrogens is 2260 g/mol. The Bertz CT molecular complexity index is 218. The van der Waals surface area contributed by atoms with E-state index < -0.39 is 0 Å². The summed E-state index contributed by atoms with van der Waals surface area (Å²) in [6.07, 6.45) is 2.06. The van der Waals surface area contributed by atoms with Crippen LogP contribution in [0.5, 0.6) is 0 Å². The molecule has 12 N–H and O–H groups in total. The van der Waals surface area contributed by atoms with Crippen molar-refractivity contribution in [3.8, 4) is 0 Å². The fourth-order valence-electron chi connectivity index (χ4n) is 0.804. The molecule has 0 aromatic heterocycles. The third-order valence-electron chi connectivity index (χ3n) is 1.76. The van der Waals surface area contributed by atoms with Crippen molar-refractivity contribution in [1.82, 2.24) is 0 Å². The molecule has 22 heteroatoms. The second-order valence-electron chi connectivity index (χ2n) is 4.10. The predicted molar refractivity (Wildman–Crippen MR) is 321 cm³/mol. The zero-order valence-corrected chi connectivity index (χ0v) is 55.1. The van der Waals surface area contributed by atoms with Crippen LogP contribution in [0.1, 0.15) is 190 Å². The van der Waals surface area contributed by atoms with Gasteiger partial charge in [0, 0.05) is 214 Å². The number of methoxy groups -OCH3 is 2. The first-order valence-corrected chi connectivity index (χ1v) is 11.0. The average molecular weight is 2420 g/mol. The van der Waals surface area contributed by atoms with Crippen LogP contribution in [-0.2, 0) is 18.9 Å². The maximum Gasteiger partial charge on any atom is 0.0697 e. The van der Waals surface area contributed by atoms with Crippen molar-refractivity contribution < 1.29 is 268 Å². The summed E-state index contributed by atoms with van der Waals surface area (Å²) < 4.78 is 18.6. The van der Waals surface area contributed by atoms with E-state index in [2.05, 4.69) is 62.1 Å². The molecule has 0 bridgehead atoms. The van der Waals surface area contributed by atoms with Gasteiger partial charge in [-0.25, -0.2) is 0 Å². The molecular formula is C48H158O16U6-2. The Kier molecular flexibility index (Phi) is 4950. The molecule has 70 heavy (non-hydrogen) atoms. The predicted octanol–water partition coefficient (Wildman–Crippen LogP) is 18.2. The van der Waals surface area contributed by atoms with Crippen LogP contribution in [0.4, 0.5) is 0 Å². The summed E-state index contributed by atoms with van der Waals surface area (Å²) in [5.74, 6) is 0. The third-order valence-corrected chi connectivity index (χ3v) is 1.76. The van der Waals surface area contributed by atoms with Crippen molar-refractivity contribution in [2.75, 3.05) is 80.3 Å². The largest absolute Gasteiger partial charge is 0.394 e. The number of aliphatic hydroxyl groups is 4. The van der Waals surface area contributed by atoms with Crippen molar-refractivity contribution in [3.63, 3.8) is 0 Å². The summed E-state index contributed by atoms with van der Waals surface area (Å²) in [4.78, 5) is 0. The van der Waals surface area contributed by atoms with E-state index in [1.54, 1.807) is 14.2 Å². The monoisotopic (exact) mass is 2420 g/mol. The molecule has 0 amide bonds. The Hall–Kier alpha value is 4.63. The number of hydrogen-bond donors (Lipinski definition) is 12. The van der Waals surface area contributed by atoms with Gasteiger partial charge in [-0.1, -0.05) is 177 Å². The van der Waals surface area contributed by atoms with Crippen LogP contribution in [0, 0.1) is 202 Å². The Morgan fingerprint density at radius 3 is 0.400 bits per heavy atom. The SMILES string of the molecule is C.C.C.C.C.C.C.C.C.C.C.C.C.C.C.C.C.C.C.C.C.C.C=C.C=C.C=C.C=C.CCCOCCO.CCCOCCO.COCCO.COCCO.OO.OO.OO.OO.[CH3-].[CH3-].[U].[U].[U].[U].[U].[U]. The quantitative estimate of drug-likeness (QED) is 0.0284. The van der Waals surface area contributed by atoms with E-state index in [1.165, 1.54) is 0 Å². The van der Waals surface area contributed by atoms with Gasteiger partial charge in [0.2, 0.25) is 0 Å². The second-order valence-corrected chi connectivity index (χ2v) is 4.10. The topological polar surface area (TPSA) is 280 Å². The van der Waals surface area contributed by atoms with Crippen LogP contribution in [-0.4, -0.2) is 143 Å². The first-order valence-electron chi connectivity index (χ1n) is 11.0. The van der Waals surface area contributed by atoms with Crippen molar-refractivity contribution in [2.24, 2.45) is 0 Å². The van der Waals surface area contributed by atoms with Crippen molar-refractivity contribution in [2.45, 2.75) is 190 Å². The van der Waals surface area contributed by atoms with Gasteiger partial charge in [-0.05, 0) is 12.8 Å². The Morgan fingerprint density at radius 1 is 0.257 bits per heavy atom. The number of aliphatic hydroxyl groups excluding tert-OH is 4. The van der Waals surface area contributed by atoms with Gasteiger partial charge in [0.1, 0.15) is 0 Å². The molecule has 0 fully saturated rings. The standard InChI is InChI=1S/2C5H12O2.2C3H8O2.4C2H4.22CH4.2CH3.4H2O2.6U/c2*1-2-4-7-5-3-6;2*1-5-3-2-4;4*1-2;;;;;;;;;;;;;;;;;;;;;;;;;4*1-2;;;;;;/h2*6H,2-5H2,1H3;2*4H,2-3H2,1H3;4*1-2H2;22*1H4;2*1H3;4*1-2H;;;;;;/q;;;;;;;;;;;;;;;;;;;;;;;;;;;;;;2*-1;;;;;;;;;;. The Morgan fingerprint density at radius 2 is 0.357 bits per heavy atom. The molecule has 0 rings (SSSR count). The fourth-order valence-corrected chi connectivity index (χ4v) is 0.804. The fraction of sp³-hybridized carbons (Fsp3) is 0.792. The van der Waals surface area contributed by atoms with E-state index in [-0.39, 0.29) is 391 Å². The number of ether oxygens (including phenoxy) is 4. The van der Waals surface area contributed by atoms with Crippen molar-refractivity contribution >= 4 is 0 Å². The van der Waals surface area contributed by atoms with E-state index in [0.29, 0.717) is 26.4 Å².